The first-order valence-electron chi connectivity index (χ1n) is 8.76. The van der Waals surface area contributed by atoms with Crippen molar-refractivity contribution in [3.8, 4) is 0 Å². The molecule has 1 aliphatic carbocycles. The van der Waals surface area contributed by atoms with Gasteiger partial charge in [-0.05, 0) is 49.8 Å². The zero-order valence-corrected chi connectivity index (χ0v) is 14.0. The van der Waals surface area contributed by atoms with Crippen LogP contribution in [-0.2, 0) is 4.79 Å². The number of carbonyl (C=O) groups excluding carboxylic acids is 2. The Hall–Kier alpha value is -2.08. The molecule has 1 aromatic carbocycles. The molecule has 1 saturated heterocycles. The van der Waals surface area contributed by atoms with E-state index in [1.54, 1.807) is 12.1 Å². The van der Waals surface area contributed by atoms with Gasteiger partial charge in [0.2, 0.25) is 5.91 Å². The minimum atomic E-state index is -0.585. The Bertz CT molecular complexity index is 588. The van der Waals surface area contributed by atoms with Gasteiger partial charge >= 0.3 is 6.03 Å². The highest BCUT2D eigenvalue weighted by atomic mass is 16.2. The van der Waals surface area contributed by atoms with E-state index in [2.05, 4.69) is 16.0 Å². The van der Waals surface area contributed by atoms with Crippen molar-refractivity contribution in [3.05, 3.63) is 29.8 Å². The van der Waals surface area contributed by atoms with Gasteiger partial charge in [-0.3, -0.25) is 4.79 Å². The van der Waals surface area contributed by atoms with Crippen LogP contribution in [0.5, 0.6) is 0 Å². The van der Waals surface area contributed by atoms with Crippen molar-refractivity contribution < 1.29 is 9.59 Å². The van der Waals surface area contributed by atoms with Gasteiger partial charge in [-0.15, -0.1) is 0 Å². The highest BCUT2D eigenvalue weighted by Crippen LogP contribution is 2.33. The molecule has 3 rings (SSSR count). The average Bonchev–Trinajstić information content (AvgIpc) is 2.99. The summed E-state index contributed by atoms with van der Waals surface area (Å²) < 4.78 is 0. The minimum absolute atomic E-state index is 0.0728. The second kappa shape index (κ2) is 7.21. The van der Waals surface area contributed by atoms with Crippen molar-refractivity contribution in [3.63, 3.8) is 0 Å². The predicted octanol–water partition coefficient (Wildman–Crippen LogP) is 2.28. The summed E-state index contributed by atoms with van der Waals surface area (Å²) >= 11 is 0. The summed E-state index contributed by atoms with van der Waals surface area (Å²) in [6, 6.07) is 7.12. The van der Waals surface area contributed by atoms with E-state index in [1.165, 1.54) is 25.7 Å². The lowest BCUT2D eigenvalue weighted by molar-refractivity contribution is -0.123. The highest BCUT2D eigenvalue weighted by Gasteiger charge is 2.38. The van der Waals surface area contributed by atoms with E-state index in [4.69, 9.17) is 5.73 Å². The maximum atomic E-state index is 12.5. The molecule has 0 aromatic heterocycles. The van der Waals surface area contributed by atoms with Gasteiger partial charge in [0.25, 0.3) is 0 Å². The zero-order chi connectivity index (χ0) is 17.1. The molecule has 1 saturated carbocycles. The normalized spacial score (nSPS) is 27.1. The first-order valence-corrected chi connectivity index (χ1v) is 8.76. The number of anilines is 1. The fourth-order valence-corrected chi connectivity index (χ4v) is 3.92. The van der Waals surface area contributed by atoms with Crippen LogP contribution in [0.25, 0.3) is 0 Å². The second-order valence-corrected chi connectivity index (χ2v) is 6.95. The molecule has 0 bridgehead atoms. The van der Waals surface area contributed by atoms with Crippen molar-refractivity contribution in [2.75, 3.05) is 5.32 Å². The monoisotopic (exact) mass is 330 g/mol. The molecule has 1 aliphatic heterocycles. The third-order valence-electron chi connectivity index (χ3n) is 5.22. The molecule has 0 spiro atoms. The van der Waals surface area contributed by atoms with Crippen LogP contribution in [0.4, 0.5) is 10.5 Å². The van der Waals surface area contributed by atoms with Crippen LogP contribution in [0.15, 0.2) is 24.3 Å². The van der Waals surface area contributed by atoms with Gasteiger partial charge < -0.3 is 21.7 Å². The van der Waals surface area contributed by atoms with Crippen LogP contribution in [0.3, 0.4) is 0 Å². The smallest absolute Gasteiger partial charge is 0.316 e. The molecule has 130 valence electrons. The number of fused-ring (bicyclic) bond motifs is 1. The second-order valence-electron chi connectivity index (χ2n) is 6.95. The molecule has 4 unspecified atom stereocenters. The molecule has 0 radical (unpaired) electrons. The summed E-state index contributed by atoms with van der Waals surface area (Å²) in [6.45, 7) is 1.97. The van der Waals surface area contributed by atoms with E-state index < -0.39 is 6.03 Å². The van der Waals surface area contributed by atoms with Crippen LogP contribution in [0.2, 0.25) is 0 Å². The number of hydrogen-bond donors (Lipinski definition) is 4. The van der Waals surface area contributed by atoms with Crippen molar-refractivity contribution in [1.82, 2.24) is 10.6 Å². The van der Waals surface area contributed by atoms with Crippen molar-refractivity contribution in [2.45, 2.75) is 57.2 Å². The van der Waals surface area contributed by atoms with Gasteiger partial charge in [-0.25, -0.2) is 4.79 Å². The molecule has 1 heterocycles. The van der Waals surface area contributed by atoms with Gasteiger partial charge in [0.05, 0.1) is 12.1 Å². The number of urea groups is 1. The van der Waals surface area contributed by atoms with E-state index in [0.717, 1.165) is 12.0 Å². The summed E-state index contributed by atoms with van der Waals surface area (Å²) in [4.78, 5) is 23.4. The van der Waals surface area contributed by atoms with Gasteiger partial charge in [0.1, 0.15) is 0 Å². The Labute approximate surface area is 142 Å². The molecule has 24 heavy (non-hydrogen) atoms. The molecule has 2 aliphatic rings. The predicted molar refractivity (Wildman–Crippen MR) is 93.5 cm³/mol. The Morgan fingerprint density at radius 1 is 1.21 bits per heavy atom. The van der Waals surface area contributed by atoms with Crippen LogP contribution >= 0.6 is 0 Å². The number of amides is 3. The van der Waals surface area contributed by atoms with Gasteiger partial charge in [0, 0.05) is 11.7 Å². The first-order chi connectivity index (χ1) is 11.5. The fourth-order valence-electron chi connectivity index (χ4n) is 3.92. The maximum absolute atomic E-state index is 12.5. The number of nitrogens with one attached hydrogen (secondary N) is 3. The van der Waals surface area contributed by atoms with E-state index in [-0.39, 0.29) is 18.0 Å². The Kier molecular flexibility index (Phi) is 5.04. The average molecular weight is 330 g/mol. The number of benzene rings is 1. The first kappa shape index (κ1) is 16.8. The fraction of sp³-hybridized carbons (Fsp3) is 0.556. The number of carbonyl (C=O) groups is 2. The van der Waals surface area contributed by atoms with E-state index >= 15 is 0 Å². The molecule has 2 fully saturated rings. The number of primary amides is 1. The molecular weight excluding hydrogens is 304 g/mol. The summed E-state index contributed by atoms with van der Waals surface area (Å²) in [5, 5.41) is 9.13. The van der Waals surface area contributed by atoms with Gasteiger partial charge in [-0.2, -0.15) is 0 Å². The lowest BCUT2D eigenvalue weighted by Crippen LogP contribution is -2.43. The summed E-state index contributed by atoms with van der Waals surface area (Å²) in [5.74, 6) is 0.736. The van der Waals surface area contributed by atoms with Crippen molar-refractivity contribution in [1.29, 1.82) is 0 Å². The van der Waals surface area contributed by atoms with Crippen molar-refractivity contribution in [2.24, 2.45) is 11.7 Å². The zero-order valence-electron chi connectivity index (χ0n) is 14.0. The van der Waals surface area contributed by atoms with E-state index in [9.17, 15) is 9.59 Å². The Morgan fingerprint density at radius 3 is 2.58 bits per heavy atom. The molecule has 3 amide bonds. The lowest BCUT2D eigenvalue weighted by Gasteiger charge is -2.24. The Balaban J connectivity index is 1.55. The third kappa shape index (κ3) is 3.87. The lowest BCUT2D eigenvalue weighted by atomic mass is 9.85. The SMILES string of the molecule is CC(NC(=O)C1CC2CCCCC2N1)c1ccc(NC(N)=O)cc1. The topological polar surface area (TPSA) is 96.2 Å². The van der Waals surface area contributed by atoms with E-state index in [0.29, 0.717) is 17.6 Å². The minimum Gasteiger partial charge on any atom is -0.351 e. The van der Waals surface area contributed by atoms with Crippen LogP contribution in [0, 0.1) is 5.92 Å². The largest absolute Gasteiger partial charge is 0.351 e. The summed E-state index contributed by atoms with van der Waals surface area (Å²) in [7, 11) is 0. The molecular formula is C18H26N4O2. The van der Waals surface area contributed by atoms with Crippen LogP contribution in [0.1, 0.15) is 50.6 Å². The van der Waals surface area contributed by atoms with E-state index in [1.807, 2.05) is 19.1 Å². The highest BCUT2D eigenvalue weighted by molar-refractivity contribution is 5.87. The molecule has 4 atom stereocenters. The number of rotatable bonds is 4. The summed E-state index contributed by atoms with van der Waals surface area (Å²) in [5.41, 5.74) is 6.73. The van der Waals surface area contributed by atoms with Crippen LogP contribution < -0.4 is 21.7 Å². The van der Waals surface area contributed by atoms with Crippen molar-refractivity contribution >= 4 is 17.6 Å². The standard InChI is InChI=1S/C18H26N4O2/c1-11(12-6-8-14(9-7-12)21-18(19)24)20-17(23)16-10-13-4-2-3-5-15(13)22-16/h6-9,11,13,15-16,22H,2-5,10H2,1H3,(H,20,23)(H3,19,21,24). The van der Waals surface area contributed by atoms with Crippen LogP contribution in [-0.4, -0.2) is 24.0 Å². The summed E-state index contributed by atoms with van der Waals surface area (Å²) in [6.07, 6.45) is 5.94. The number of nitrogens with two attached hydrogens (primary N) is 1. The number of hydrogen-bond acceptors (Lipinski definition) is 3. The van der Waals surface area contributed by atoms with Gasteiger partial charge in [-0.1, -0.05) is 25.0 Å². The maximum Gasteiger partial charge on any atom is 0.316 e. The Morgan fingerprint density at radius 2 is 1.92 bits per heavy atom. The quantitative estimate of drug-likeness (QED) is 0.682. The third-order valence-corrected chi connectivity index (χ3v) is 5.22. The molecule has 6 nitrogen and oxygen atoms in total. The van der Waals surface area contributed by atoms with Gasteiger partial charge in [0.15, 0.2) is 0 Å². The molecule has 6 heteroatoms. The molecule has 5 N–H and O–H groups in total. The molecule has 1 aromatic rings.